The number of likely N-dealkylation sites (tertiary alicyclic amines) is 1. The number of halogens is 2. The van der Waals surface area contributed by atoms with Crippen LogP contribution in [0.15, 0.2) is 24.3 Å². The van der Waals surface area contributed by atoms with Crippen molar-refractivity contribution in [3.8, 4) is 0 Å². The summed E-state index contributed by atoms with van der Waals surface area (Å²) >= 11 is 0. The number of rotatable bonds is 5. The number of fused-ring (bicyclic) bond motifs is 1. The number of ether oxygens (including phenoxy) is 1. The van der Waals surface area contributed by atoms with Crippen LogP contribution in [0.5, 0.6) is 0 Å². The van der Waals surface area contributed by atoms with Gasteiger partial charge in [-0.05, 0) is 43.5 Å². The molecule has 2 aromatic rings. The number of H-pyrrole nitrogens is 1. The average Bonchev–Trinajstić information content (AvgIpc) is 3.27. The summed E-state index contributed by atoms with van der Waals surface area (Å²) in [5.74, 6) is -1.66. The minimum absolute atomic E-state index is 0.0242. The molecule has 1 aromatic heterocycles. The van der Waals surface area contributed by atoms with E-state index in [9.17, 15) is 13.6 Å². The number of aromatic nitrogens is 2. The fourth-order valence-electron chi connectivity index (χ4n) is 4.24. The van der Waals surface area contributed by atoms with Crippen molar-refractivity contribution in [2.45, 2.75) is 45.0 Å². The minimum atomic E-state index is -0.649. The maximum absolute atomic E-state index is 13.3. The molecule has 0 spiro atoms. The Hall–Kier alpha value is -2.32. The predicted molar refractivity (Wildman–Crippen MR) is 98.2 cm³/mol. The summed E-state index contributed by atoms with van der Waals surface area (Å²) in [5, 5.41) is 10.1. The normalized spacial score (nSPS) is 24.9. The highest BCUT2D eigenvalue weighted by atomic mass is 19.1. The highest BCUT2D eigenvalue weighted by Crippen LogP contribution is 2.32. The molecule has 2 aliphatic rings. The molecule has 1 aromatic carbocycles. The van der Waals surface area contributed by atoms with Crippen LogP contribution >= 0.6 is 0 Å². The SMILES string of the molecule is Cc1cc(CN2C[C@@H](C(=O)NCc3cc(F)cc(F)c3)C[C@H]3OCC[C@H]32)n[nH]1. The monoisotopic (exact) mass is 390 g/mol. The second-order valence-corrected chi connectivity index (χ2v) is 7.67. The van der Waals surface area contributed by atoms with Crippen molar-refractivity contribution < 1.29 is 18.3 Å². The zero-order chi connectivity index (χ0) is 19.7. The van der Waals surface area contributed by atoms with E-state index in [2.05, 4.69) is 20.4 Å². The van der Waals surface area contributed by atoms with Crippen LogP contribution in [-0.2, 0) is 22.6 Å². The van der Waals surface area contributed by atoms with Crippen LogP contribution in [0.1, 0.15) is 29.8 Å². The van der Waals surface area contributed by atoms with Gasteiger partial charge in [0, 0.05) is 44.0 Å². The smallest absolute Gasteiger partial charge is 0.224 e. The molecule has 0 bridgehead atoms. The van der Waals surface area contributed by atoms with Gasteiger partial charge in [0.15, 0.2) is 0 Å². The topological polar surface area (TPSA) is 70.2 Å². The van der Waals surface area contributed by atoms with Gasteiger partial charge in [-0.3, -0.25) is 14.8 Å². The van der Waals surface area contributed by atoms with Gasteiger partial charge in [0.05, 0.1) is 17.7 Å². The lowest BCUT2D eigenvalue weighted by atomic mass is 9.89. The van der Waals surface area contributed by atoms with Gasteiger partial charge in [0.1, 0.15) is 11.6 Å². The average molecular weight is 390 g/mol. The first kappa shape index (κ1) is 19.0. The highest BCUT2D eigenvalue weighted by molar-refractivity contribution is 5.79. The van der Waals surface area contributed by atoms with Crippen LogP contribution in [0.3, 0.4) is 0 Å². The molecule has 2 aliphatic heterocycles. The van der Waals surface area contributed by atoms with E-state index in [1.807, 2.05) is 13.0 Å². The molecule has 28 heavy (non-hydrogen) atoms. The van der Waals surface area contributed by atoms with Crippen molar-refractivity contribution in [1.29, 1.82) is 0 Å². The zero-order valence-electron chi connectivity index (χ0n) is 15.8. The molecular weight excluding hydrogens is 366 g/mol. The largest absolute Gasteiger partial charge is 0.377 e. The van der Waals surface area contributed by atoms with Crippen molar-refractivity contribution >= 4 is 5.91 Å². The molecule has 6 nitrogen and oxygen atoms in total. The standard InChI is InChI=1S/C20H24F2N4O2/c1-12-4-17(25-24-12)11-26-10-14(7-19-18(26)2-3-28-19)20(27)23-9-13-5-15(21)8-16(22)6-13/h4-6,8,14,18-19H,2-3,7,9-11H2,1H3,(H,23,27)(H,24,25)/t14-,18+,19+/m0/s1. The second-order valence-electron chi connectivity index (χ2n) is 7.67. The number of nitrogens with one attached hydrogen (secondary N) is 2. The number of aryl methyl sites for hydroxylation is 1. The van der Waals surface area contributed by atoms with E-state index in [-0.39, 0.29) is 24.5 Å². The van der Waals surface area contributed by atoms with Crippen LogP contribution in [0.25, 0.3) is 0 Å². The van der Waals surface area contributed by atoms with Crippen molar-refractivity contribution in [1.82, 2.24) is 20.4 Å². The number of carbonyl (C=O) groups excluding carboxylic acids is 1. The molecule has 0 radical (unpaired) electrons. The number of benzene rings is 1. The van der Waals surface area contributed by atoms with Gasteiger partial charge >= 0.3 is 0 Å². The van der Waals surface area contributed by atoms with Gasteiger partial charge in [-0.15, -0.1) is 0 Å². The van der Waals surface area contributed by atoms with Gasteiger partial charge in [-0.25, -0.2) is 8.78 Å². The molecule has 3 atom stereocenters. The molecule has 2 N–H and O–H groups in total. The number of carbonyl (C=O) groups is 1. The van der Waals surface area contributed by atoms with Crippen LogP contribution in [-0.4, -0.2) is 46.3 Å². The lowest BCUT2D eigenvalue weighted by Gasteiger charge is -2.39. The van der Waals surface area contributed by atoms with E-state index in [1.54, 1.807) is 0 Å². The summed E-state index contributed by atoms with van der Waals surface area (Å²) in [6.45, 7) is 4.02. The van der Waals surface area contributed by atoms with Crippen LogP contribution in [0.2, 0.25) is 0 Å². The maximum atomic E-state index is 13.3. The number of amides is 1. The Morgan fingerprint density at radius 1 is 1.32 bits per heavy atom. The van der Waals surface area contributed by atoms with Gasteiger partial charge in [-0.2, -0.15) is 5.10 Å². The number of hydrogen-bond donors (Lipinski definition) is 2. The Balaban J connectivity index is 1.41. The number of hydrogen-bond acceptors (Lipinski definition) is 4. The van der Waals surface area contributed by atoms with E-state index in [0.29, 0.717) is 37.7 Å². The Morgan fingerprint density at radius 2 is 2.11 bits per heavy atom. The van der Waals surface area contributed by atoms with E-state index < -0.39 is 11.6 Å². The molecule has 0 unspecified atom stereocenters. The first-order valence-electron chi connectivity index (χ1n) is 9.57. The van der Waals surface area contributed by atoms with Crippen LogP contribution in [0.4, 0.5) is 8.78 Å². The van der Waals surface area contributed by atoms with Gasteiger partial charge < -0.3 is 10.1 Å². The quantitative estimate of drug-likeness (QED) is 0.822. The lowest BCUT2D eigenvalue weighted by molar-refractivity contribution is -0.130. The molecule has 2 fully saturated rings. The molecule has 3 heterocycles. The van der Waals surface area contributed by atoms with Crippen molar-refractivity contribution in [3.63, 3.8) is 0 Å². The molecule has 1 amide bonds. The third-order valence-electron chi connectivity index (χ3n) is 5.50. The van der Waals surface area contributed by atoms with Gasteiger partial charge in [-0.1, -0.05) is 0 Å². The van der Waals surface area contributed by atoms with E-state index >= 15 is 0 Å². The van der Waals surface area contributed by atoms with E-state index in [1.165, 1.54) is 12.1 Å². The van der Waals surface area contributed by atoms with Crippen molar-refractivity contribution in [2.24, 2.45) is 5.92 Å². The van der Waals surface area contributed by atoms with Crippen LogP contribution < -0.4 is 5.32 Å². The molecular formula is C20H24F2N4O2. The van der Waals surface area contributed by atoms with Gasteiger partial charge in [0.2, 0.25) is 5.91 Å². The summed E-state index contributed by atoms with van der Waals surface area (Å²) < 4.78 is 32.5. The van der Waals surface area contributed by atoms with Crippen LogP contribution in [0, 0.1) is 24.5 Å². The number of aromatic amines is 1. The zero-order valence-corrected chi connectivity index (χ0v) is 15.8. The Bertz CT molecular complexity index is 836. The number of nitrogens with zero attached hydrogens (tertiary/aromatic N) is 2. The van der Waals surface area contributed by atoms with Crippen molar-refractivity contribution in [2.75, 3.05) is 13.2 Å². The number of piperidine rings is 1. The fourth-order valence-corrected chi connectivity index (χ4v) is 4.24. The molecule has 8 heteroatoms. The second kappa shape index (κ2) is 7.97. The van der Waals surface area contributed by atoms with Gasteiger partial charge in [0.25, 0.3) is 0 Å². The summed E-state index contributed by atoms with van der Waals surface area (Å²) in [5.41, 5.74) is 2.35. The summed E-state index contributed by atoms with van der Waals surface area (Å²) in [6, 6.07) is 5.57. The predicted octanol–water partition coefficient (Wildman–Crippen LogP) is 2.29. The summed E-state index contributed by atoms with van der Waals surface area (Å²) in [4.78, 5) is 15.0. The Labute approximate surface area is 162 Å². The maximum Gasteiger partial charge on any atom is 0.224 e. The molecule has 0 aliphatic carbocycles. The first-order chi connectivity index (χ1) is 13.5. The first-order valence-corrected chi connectivity index (χ1v) is 9.57. The lowest BCUT2D eigenvalue weighted by Crippen LogP contribution is -2.52. The highest BCUT2D eigenvalue weighted by Gasteiger charge is 2.42. The molecule has 150 valence electrons. The molecule has 0 saturated carbocycles. The fraction of sp³-hybridized carbons (Fsp3) is 0.500. The Kier molecular flexibility index (Phi) is 5.41. The Morgan fingerprint density at radius 3 is 2.82 bits per heavy atom. The van der Waals surface area contributed by atoms with E-state index in [0.717, 1.165) is 23.9 Å². The molecule has 2 saturated heterocycles. The summed E-state index contributed by atoms with van der Waals surface area (Å²) in [6.07, 6.45) is 1.63. The minimum Gasteiger partial charge on any atom is -0.377 e. The summed E-state index contributed by atoms with van der Waals surface area (Å²) in [7, 11) is 0. The van der Waals surface area contributed by atoms with Crippen molar-refractivity contribution in [3.05, 3.63) is 52.9 Å². The third-order valence-corrected chi connectivity index (χ3v) is 5.50. The van der Waals surface area contributed by atoms with E-state index in [4.69, 9.17) is 4.74 Å². The molecule has 4 rings (SSSR count). The third kappa shape index (κ3) is 4.23.